The minimum Gasteiger partial charge on any atom is -0.493 e. The van der Waals surface area contributed by atoms with Crippen LogP contribution in [0.1, 0.15) is 16.7 Å². The van der Waals surface area contributed by atoms with E-state index in [1.807, 2.05) is 50.2 Å². The van der Waals surface area contributed by atoms with Gasteiger partial charge in [0, 0.05) is 6.54 Å². The molecule has 0 saturated carbocycles. The summed E-state index contributed by atoms with van der Waals surface area (Å²) in [7, 11) is 3.26. The summed E-state index contributed by atoms with van der Waals surface area (Å²) in [5, 5.41) is 13.4. The number of aliphatic hydroxyl groups excluding tert-OH is 1. The highest BCUT2D eigenvalue weighted by molar-refractivity contribution is 5.43. The van der Waals surface area contributed by atoms with Gasteiger partial charge < -0.3 is 24.6 Å². The molecular weight excluding hydrogens is 330 g/mol. The van der Waals surface area contributed by atoms with Crippen molar-refractivity contribution < 1.29 is 19.3 Å². The second-order valence-electron chi connectivity index (χ2n) is 6.33. The van der Waals surface area contributed by atoms with Crippen molar-refractivity contribution in [3.8, 4) is 17.2 Å². The quantitative estimate of drug-likeness (QED) is 0.639. The largest absolute Gasteiger partial charge is 0.493 e. The van der Waals surface area contributed by atoms with E-state index in [1.54, 1.807) is 14.2 Å². The molecule has 2 N–H and O–H groups in total. The monoisotopic (exact) mass is 359 g/mol. The number of nitrogens with one attached hydrogen (secondary N) is 1. The molecule has 2 aromatic carbocycles. The fourth-order valence-corrected chi connectivity index (χ4v) is 2.80. The molecule has 1 atom stereocenters. The first-order valence-electron chi connectivity index (χ1n) is 8.83. The molecule has 0 aliphatic heterocycles. The van der Waals surface area contributed by atoms with Gasteiger partial charge in [-0.1, -0.05) is 24.3 Å². The Kier molecular flexibility index (Phi) is 7.75. The SMILES string of the molecule is COc1ccc(CCNC[C@@H](O)COc2c(C)cccc2C)cc1OC. The average molecular weight is 359 g/mol. The Morgan fingerprint density at radius 3 is 2.35 bits per heavy atom. The maximum Gasteiger partial charge on any atom is 0.160 e. The highest BCUT2D eigenvalue weighted by Gasteiger charge is 2.09. The van der Waals surface area contributed by atoms with Crippen LogP contribution in [0.25, 0.3) is 0 Å². The van der Waals surface area contributed by atoms with Gasteiger partial charge in [0.15, 0.2) is 11.5 Å². The van der Waals surface area contributed by atoms with Gasteiger partial charge in [-0.25, -0.2) is 0 Å². The first-order valence-corrected chi connectivity index (χ1v) is 8.83. The zero-order chi connectivity index (χ0) is 18.9. The summed E-state index contributed by atoms with van der Waals surface area (Å²) < 4.78 is 16.3. The Bertz CT molecular complexity index is 682. The smallest absolute Gasteiger partial charge is 0.160 e. The maximum atomic E-state index is 10.1. The number of benzene rings is 2. The molecule has 0 aromatic heterocycles. The van der Waals surface area contributed by atoms with Crippen LogP contribution in [0.4, 0.5) is 0 Å². The van der Waals surface area contributed by atoms with Gasteiger partial charge in [-0.2, -0.15) is 0 Å². The summed E-state index contributed by atoms with van der Waals surface area (Å²) in [6, 6.07) is 11.9. The predicted molar refractivity (Wildman–Crippen MR) is 104 cm³/mol. The molecule has 26 heavy (non-hydrogen) atoms. The van der Waals surface area contributed by atoms with Crippen molar-refractivity contribution in [1.29, 1.82) is 0 Å². The van der Waals surface area contributed by atoms with Gasteiger partial charge in [-0.15, -0.1) is 0 Å². The van der Waals surface area contributed by atoms with Crippen molar-refractivity contribution in [3.63, 3.8) is 0 Å². The summed E-state index contributed by atoms with van der Waals surface area (Å²) in [6.45, 7) is 5.54. The van der Waals surface area contributed by atoms with Gasteiger partial charge in [0.2, 0.25) is 0 Å². The molecule has 5 nitrogen and oxygen atoms in total. The van der Waals surface area contributed by atoms with Gasteiger partial charge in [0.05, 0.1) is 14.2 Å². The fraction of sp³-hybridized carbons (Fsp3) is 0.429. The molecule has 142 valence electrons. The molecule has 0 bridgehead atoms. The van der Waals surface area contributed by atoms with Crippen LogP contribution < -0.4 is 19.5 Å². The molecule has 0 saturated heterocycles. The Labute approximate surface area is 155 Å². The molecule has 2 aromatic rings. The van der Waals surface area contributed by atoms with Gasteiger partial charge in [-0.05, 0) is 55.6 Å². The van der Waals surface area contributed by atoms with Crippen LogP contribution in [0.2, 0.25) is 0 Å². The molecule has 2 rings (SSSR count). The first-order chi connectivity index (χ1) is 12.5. The van der Waals surface area contributed by atoms with Gasteiger partial charge in [0.25, 0.3) is 0 Å². The third-order valence-corrected chi connectivity index (χ3v) is 4.25. The van der Waals surface area contributed by atoms with Crippen LogP contribution in [0.15, 0.2) is 36.4 Å². The molecule has 0 aliphatic rings. The predicted octanol–water partition coefficient (Wildman–Crippen LogP) is 2.89. The van der Waals surface area contributed by atoms with Crippen LogP contribution in [0, 0.1) is 13.8 Å². The fourth-order valence-electron chi connectivity index (χ4n) is 2.80. The first kappa shape index (κ1) is 20.1. The summed E-state index contributed by atoms with van der Waals surface area (Å²) in [6.07, 6.45) is 0.282. The van der Waals surface area contributed by atoms with Gasteiger partial charge in [-0.3, -0.25) is 0 Å². The van der Waals surface area contributed by atoms with E-state index in [4.69, 9.17) is 14.2 Å². The molecular formula is C21H29NO4. The van der Waals surface area contributed by atoms with Gasteiger partial charge >= 0.3 is 0 Å². The van der Waals surface area contributed by atoms with Crippen LogP contribution in [-0.4, -0.2) is 45.1 Å². The topological polar surface area (TPSA) is 60.0 Å². The van der Waals surface area contributed by atoms with E-state index in [9.17, 15) is 5.11 Å². The number of methoxy groups -OCH3 is 2. The van der Waals surface area contributed by atoms with Gasteiger partial charge in [0.1, 0.15) is 18.5 Å². The number of aryl methyl sites for hydroxylation is 2. The molecule has 0 radical (unpaired) electrons. The zero-order valence-electron chi connectivity index (χ0n) is 16.0. The van der Waals surface area contributed by atoms with Crippen molar-refractivity contribution in [2.75, 3.05) is 33.9 Å². The minimum atomic E-state index is -0.556. The van der Waals surface area contributed by atoms with Crippen molar-refractivity contribution in [3.05, 3.63) is 53.1 Å². The number of rotatable bonds is 10. The Hall–Kier alpha value is -2.24. The number of aliphatic hydroxyl groups is 1. The van der Waals surface area contributed by atoms with E-state index in [2.05, 4.69) is 5.32 Å². The standard InChI is InChI=1S/C21H29NO4/c1-15-6-5-7-16(2)21(15)26-14-18(23)13-22-11-10-17-8-9-19(24-3)20(12-17)25-4/h5-9,12,18,22-23H,10-11,13-14H2,1-4H3/t18-/m1/s1. The lowest BCUT2D eigenvalue weighted by Crippen LogP contribution is -2.32. The second-order valence-corrected chi connectivity index (χ2v) is 6.33. The maximum absolute atomic E-state index is 10.1. The molecule has 0 spiro atoms. The van der Waals surface area contributed by atoms with Crippen molar-refractivity contribution >= 4 is 0 Å². The number of ether oxygens (including phenoxy) is 3. The molecule has 0 aliphatic carbocycles. The van der Waals surface area contributed by atoms with Crippen molar-refractivity contribution in [1.82, 2.24) is 5.32 Å². The van der Waals surface area contributed by atoms with E-state index in [-0.39, 0.29) is 6.61 Å². The highest BCUT2D eigenvalue weighted by Crippen LogP contribution is 2.27. The number of hydrogen-bond donors (Lipinski definition) is 2. The lowest BCUT2D eigenvalue weighted by molar-refractivity contribution is 0.106. The normalized spacial score (nSPS) is 11.9. The lowest BCUT2D eigenvalue weighted by Gasteiger charge is -2.16. The third kappa shape index (κ3) is 5.64. The lowest BCUT2D eigenvalue weighted by atomic mass is 10.1. The third-order valence-electron chi connectivity index (χ3n) is 4.25. The van der Waals surface area contributed by atoms with E-state index >= 15 is 0 Å². The Morgan fingerprint density at radius 2 is 1.69 bits per heavy atom. The highest BCUT2D eigenvalue weighted by atomic mass is 16.5. The number of hydrogen-bond acceptors (Lipinski definition) is 5. The summed E-state index contributed by atoms with van der Waals surface area (Å²) in [5.74, 6) is 2.31. The van der Waals surface area contributed by atoms with Crippen molar-refractivity contribution in [2.45, 2.75) is 26.4 Å². The summed E-state index contributed by atoms with van der Waals surface area (Å²) in [5.41, 5.74) is 3.31. The van der Waals surface area contributed by atoms with E-state index < -0.39 is 6.10 Å². The average Bonchev–Trinajstić information content (AvgIpc) is 2.64. The molecule has 0 fully saturated rings. The second kappa shape index (κ2) is 10.0. The minimum absolute atomic E-state index is 0.273. The summed E-state index contributed by atoms with van der Waals surface area (Å²) >= 11 is 0. The number of para-hydroxylation sites is 1. The van der Waals surface area contributed by atoms with E-state index in [1.165, 1.54) is 0 Å². The van der Waals surface area contributed by atoms with Crippen LogP contribution in [-0.2, 0) is 6.42 Å². The Balaban J connectivity index is 1.72. The van der Waals surface area contributed by atoms with Crippen LogP contribution in [0.5, 0.6) is 17.2 Å². The summed E-state index contributed by atoms with van der Waals surface area (Å²) in [4.78, 5) is 0. The Morgan fingerprint density at radius 1 is 1.00 bits per heavy atom. The van der Waals surface area contributed by atoms with Crippen molar-refractivity contribution in [2.24, 2.45) is 0 Å². The molecule has 0 unspecified atom stereocenters. The molecule has 0 heterocycles. The molecule has 0 amide bonds. The van der Waals surface area contributed by atoms with E-state index in [0.29, 0.717) is 6.54 Å². The zero-order valence-corrected chi connectivity index (χ0v) is 16.0. The van der Waals surface area contributed by atoms with Crippen LogP contribution in [0.3, 0.4) is 0 Å². The van der Waals surface area contributed by atoms with E-state index in [0.717, 1.165) is 46.9 Å². The van der Waals surface area contributed by atoms with Crippen LogP contribution >= 0.6 is 0 Å². The molecule has 5 heteroatoms.